The molecule has 0 bridgehead atoms. The highest BCUT2D eigenvalue weighted by Gasteiger charge is 2.40. The first-order chi connectivity index (χ1) is 16.2. The SMILES string of the molecule is CC(C)[C@H](NC(=O)C1(Nc2nc3ccc(F)cc3s2)C=CC(c2cccc(F)c2)=CC1)C(=O)O. The number of fused-ring (bicyclic) bond motifs is 1. The largest absolute Gasteiger partial charge is 0.480 e. The first kappa shape index (κ1) is 23.6. The number of aliphatic carboxylic acids is 1. The molecule has 1 aliphatic carbocycles. The minimum Gasteiger partial charge on any atom is -0.480 e. The van der Waals surface area contributed by atoms with Gasteiger partial charge in [0.25, 0.3) is 5.91 Å². The van der Waals surface area contributed by atoms with Crippen molar-refractivity contribution in [2.45, 2.75) is 31.8 Å². The van der Waals surface area contributed by atoms with E-state index in [-0.39, 0.29) is 18.2 Å². The van der Waals surface area contributed by atoms with Gasteiger partial charge in [-0.05, 0) is 53.5 Å². The molecule has 0 radical (unpaired) electrons. The van der Waals surface area contributed by atoms with E-state index in [1.54, 1.807) is 50.3 Å². The number of carbonyl (C=O) groups excluding carboxylic acids is 1. The standard InChI is InChI=1S/C25H23F2N3O3S/c1-14(2)21(22(31)32)29-23(33)25(30-24-28-19-7-6-18(27)13-20(19)34-24)10-8-15(9-11-25)16-4-3-5-17(26)12-16/h3-10,12-14,21H,11H2,1-2H3,(H,28,30)(H,29,33)(H,31,32)/t21-,25?/m0/s1. The predicted molar refractivity (Wildman–Crippen MR) is 128 cm³/mol. The molecule has 0 aliphatic heterocycles. The molecule has 2 atom stereocenters. The number of thiazole rings is 1. The van der Waals surface area contributed by atoms with Gasteiger partial charge in [0.1, 0.15) is 23.2 Å². The van der Waals surface area contributed by atoms with Gasteiger partial charge in [-0.3, -0.25) is 4.79 Å². The van der Waals surface area contributed by atoms with Gasteiger partial charge in [0.2, 0.25) is 0 Å². The summed E-state index contributed by atoms with van der Waals surface area (Å²) in [5.74, 6) is -2.77. The smallest absolute Gasteiger partial charge is 0.326 e. The van der Waals surface area contributed by atoms with Crippen LogP contribution in [0.25, 0.3) is 15.8 Å². The van der Waals surface area contributed by atoms with E-state index in [9.17, 15) is 23.5 Å². The van der Waals surface area contributed by atoms with Gasteiger partial charge >= 0.3 is 5.97 Å². The monoisotopic (exact) mass is 483 g/mol. The second-order valence-corrected chi connectivity index (χ2v) is 9.50. The molecule has 6 nitrogen and oxygen atoms in total. The zero-order valence-electron chi connectivity index (χ0n) is 18.5. The van der Waals surface area contributed by atoms with Crippen molar-refractivity contribution in [1.29, 1.82) is 0 Å². The fourth-order valence-corrected chi connectivity index (χ4v) is 4.74. The molecule has 1 aliphatic rings. The number of nitrogens with zero attached hydrogens (tertiary/aromatic N) is 1. The van der Waals surface area contributed by atoms with Crippen molar-refractivity contribution in [3.63, 3.8) is 0 Å². The molecule has 1 amide bonds. The van der Waals surface area contributed by atoms with E-state index < -0.39 is 29.3 Å². The molecule has 1 unspecified atom stereocenters. The molecule has 0 saturated carbocycles. The Morgan fingerprint density at radius 1 is 1.15 bits per heavy atom. The highest BCUT2D eigenvalue weighted by atomic mass is 32.1. The van der Waals surface area contributed by atoms with Gasteiger partial charge in [0.05, 0.1) is 10.2 Å². The third kappa shape index (κ3) is 4.84. The van der Waals surface area contributed by atoms with Crippen LogP contribution in [-0.2, 0) is 9.59 Å². The second-order valence-electron chi connectivity index (χ2n) is 8.47. The Morgan fingerprint density at radius 3 is 2.56 bits per heavy atom. The Bertz CT molecular complexity index is 1320. The van der Waals surface area contributed by atoms with Crippen LogP contribution < -0.4 is 10.6 Å². The number of carboxylic acids is 1. The van der Waals surface area contributed by atoms with E-state index in [0.717, 1.165) is 5.57 Å². The zero-order valence-corrected chi connectivity index (χ0v) is 19.3. The van der Waals surface area contributed by atoms with Crippen LogP contribution in [0.2, 0.25) is 0 Å². The number of nitrogens with one attached hydrogen (secondary N) is 2. The molecule has 34 heavy (non-hydrogen) atoms. The van der Waals surface area contributed by atoms with E-state index in [4.69, 9.17) is 0 Å². The van der Waals surface area contributed by atoms with Gasteiger partial charge in [0.15, 0.2) is 5.13 Å². The van der Waals surface area contributed by atoms with Crippen molar-refractivity contribution in [2.75, 3.05) is 5.32 Å². The minimum absolute atomic E-state index is 0.163. The van der Waals surface area contributed by atoms with E-state index >= 15 is 0 Å². The molecule has 9 heteroatoms. The van der Waals surface area contributed by atoms with Crippen molar-refractivity contribution in [1.82, 2.24) is 10.3 Å². The Labute approximate surface area is 199 Å². The van der Waals surface area contributed by atoms with Crippen LogP contribution in [0.4, 0.5) is 13.9 Å². The predicted octanol–water partition coefficient (Wildman–Crippen LogP) is 4.99. The number of hydrogen-bond donors (Lipinski definition) is 3. The van der Waals surface area contributed by atoms with Crippen molar-refractivity contribution in [2.24, 2.45) is 5.92 Å². The fourth-order valence-electron chi connectivity index (χ4n) is 3.77. The molecule has 176 valence electrons. The lowest BCUT2D eigenvalue weighted by Crippen LogP contribution is -2.56. The highest BCUT2D eigenvalue weighted by molar-refractivity contribution is 7.22. The molecular formula is C25H23F2N3O3S. The van der Waals surface area contributed by atoms with Crippen LogP contribution in [0.1, 0.15) is 25.8 Å². The number of rotatable bonds is 7. The summed E-state index contributed by atoms with van der Waals surface area (Å²) in [6.45, 7) is 3.42. The molecule has 2 aromatic carbocycles. The number of carbonyl (C=O) groups is 2. The minimum atomic E-state index is -1.34. The summed E-state index contributed by atoms with van der Waals surface area (Å²) in [6, 6.07) is 9.26. The second kappa shape index (κ2) is 9.34. The number of amides is 1. The van der Waals surface area contributed by atoms with Crippen molar-refractivity contribution in [3.05, 3.63) is 77.9 Å². The van der Waals surface area contributed by atoms with Crippen LogP contribution in [0.15, 0.2) is 60.7 Å². The summed E-state index contributed by atoms with van der Waals surface area (Å²) in [4.78, 5) is 29.6. The number of allylic oxidation sites excluding steroid dienone is 2. The van der Waals surface area contributed by atoms with Gasteiger partial charge < -0.3 is 15.7 Å². The quantitative estimate of drug-likeness (QED) is 0.440. The average molecular weight is 484 g/mol. The van der Waals surface area contributed by atoms with E-state index in [0.29, 0.717) is 20.9 Å². The van der Waals surface area contributed by atoms with Crippen LogP contribution in [0, 0.1) is 17.6 Å². The van der Waals surface area contributed by atoms with Gasteiger partial charge in [-0.25, -0.2) is 18.6 Å². The molecule has 3 aromatic rings. The number of hydrogen-bond acceptors (Lipinski definition) is 5. The number of benzene rings is 2. The van der Waals surface area contributed by atoms with Crippen molar-refractivity contribution in [3.8, 4) is 0 Å². The first-order valence-corrected chi connectivity index (χ1v) is 11.5. The molecule has 1 heterocycles. The molecule has 0 fully saturated rings. The molecular weight excluding hydrogens is 460 g/mol. The maximum Gasteiger partial charge on any atom is 0.326 e. The van der Waals surface area contributed by atoms with Crippen LogP contribution >= 0.6 is 11.3 Å². The highest BCUT2D eigenvalue weighted by Crippen LogP contribution is 2.34. The van der Waals surface area contributed by atoms with Crippen LogP contribution in [0.3, 0.4) is 0 Å². The first-order valence-electron chi connectivity index (χ1n) is 10.7. The molecule has 0 saturated heterocycles. The number of carboxylic acid groups (broad SMARTS) is 1. The lowest BCUT2D eigenvalue weighted by atomic mass is 9.85. The third-order valence-electron chi connectivity index (χ3n) is 5.65. The summed E-state index contributed by atoms with van der Waals surface area (Å²) in [7, 11) is 0. The summed E-state index contributed by atoms with van der Waals surface area (Å²) in [5.41, 5.74) is 0.623. The van der Waals surface area contributed by atoms with E-state index in [2.05, 4.69) is 15.6 Å². The van der Waals surface area contributed by atoms with Crippen LogP contribution in [0.5, 0.6) is 0 Å². The summed E-state index contributed by atoms with van der Waals surface area (Å²) in [6.07, 6.45) is 5.28. The third-order valence-corrected chi connectivity index (χ3v) is 6.59. The number of aromatic nitrogens is 1. The Kier molecular flexibility index (Phi) is 6.47. The van der Waals surface area contributed by atoms with Gasteiger partial charge in [-0.1, -0.05) is 49.5 Å². The number of anilines is 1. The molecule has 3 N–H and O–H groups in total. The lowest BCUT2D eigenvalue weighted by molar-refractivity contribution is -0.143. The van der Waals surface area contributed by atoms with E-state index in [1.807, 2.05) is 0 Å². The van der Waals surface area contributed by atoms with Crippen LogP contribution in [-0.4, -0.2) is 33.5 Å². The zero-order chi connectivity index (χ0) is 24.5. The Hall–Kier alpha value is -3.59. The van der Waals surface area contributed by atoms with Gasteiger partial charge in [-0.15, -0.1) is 0 Å². The number of halogens is 2. The topological polar surface area (TPSA) is 91.3 Å². The van der Waals surface area contributed by atoms with E-state index in [1.165, 1.54) is 35.6 Å². The molecule has 1 aromatic heterocycles. The van der Waals surface area contributed by atoms with Gasteiger partial charge in [-0.2, -0.15) is 0 Å². The van der Waals surface area contributed by atoms with Gasteiger partial charge in [0, 0.05) is 6.42 Å². The normalized spacial score (nSPS) is 18.6. The van der Waals surface area contributed by atoms with Crippen molar-refractivity contribution < 1.29 is 23.5 Å². The molecule has 4 rings (SSSR count). The summed E-state index contributed by atoms with van der Waals surface area (Å²) < 4.78 is 27.9. The summed E-state index contributed by atoms with van der Waals surface area (Å²) >= 11 is 1.19. The van der Waals surface area contributed by atoms with Crippen molar-refractivity contribution >= 4 is 44.1 Å². The molecule has 0 spiro atoms. The lowest BCUT2D eigenvalue weighted by Gasteiger charge is -2.33. The maximum absolute atomic E-state index is 13.7. The Balaban J connectivity index is 1.68. The fraction of sp³-hybridized carbons (Fsp3) is 0.240. The maximum atomic E-state index is 13.7. The average Bonchev–Trinajstić information content (AvgIpc) is 3.18. The summed E-state index contributed by atoms with van der Waals surface area (Å²) in [5, 5.41) is 15.7. The Morgan fingerprint density at radius 2 is 1.91 bits per heavy atom.